The molecule has 1 aromatic rings. The lowest BCUT2D eigenvalue weighted by molar-refractivity contribution is 0.488. The van der Waals surface area contributed by atoms with Crippen molar-refractivity contribution in [2.24, 2.45) is 5.84 Å². The Bertz CT molecular complexity index is 262. The summed E-state index contributed by atoms with van der Waals surface area (Å²) in [5.41, 5.74) is 4.17. The van der Waals surface area contributed by atoms with Crippen molar-refractivity contribution in [1.29, 1.82) is 0 Å². The van der Waals surface area contributed by atoms with Gasteiger partial charge in [-0.1, -0.05) is 26.2 Å². The third kappa shape index (κ3) is 3.69. The first-order valence-corrected chi connectivity index (χ1v) is 6.65. The van der Waals surface area contributed by atoms with Gasteiger partial charge in [-0.25, -0.2) is 0 Å². The van der Waals surface area contributed by atoms with Crippen molar-refractivity contribution in [2.45, 2.75) is 38.6 Å². The quantitative estimate of drug-likeness (QED) is 0.473. The second kappa shape index (κ2) is 6.56. The lowest BCUT2D eigenvalue weighted by Crippen LogP contribution is -2.27. The lowest BCUT2D eigenvalue weighted by atomic mass is 10.0. The Kier molecular flexibility index (Phi) is 5.70. The van der Waals surface area contributed by atoms with E-state index in [2.05, 4.69) is 39.7 Å². The maximum Gasteiger partial charge on any atom is 0.0701 e. The minimum atomic E-state index is 0.309. The van der Waals surface area contributed by atoms with Gasteiger partial charge < -0.3 is 0 Å². The zero-order chi connectivity index (χ0) is 10.4. The van der Waals surface area contributed by atoms with Crippen molar-refractivity contribution >= 4 is 27.3 Å². The molecule has 0 aliphatic heterocycles. The largest absolute Gasteiger partial charge is 0.271 e. The summed E-state index contributed by atoms with van der Waals surface area (Å²) in [5.74, 6) is 5.54. The van der Waals surface area contributed by atoms with Crippen LogP contribution in [-0.4, -0.2) is 0 Å². The number of thiophene rings is 1. The Labute approximate surface area is 98.0 Å². The molecule has 0 aliphatic rings. The van der Waals surface area contributed by atoms with Crippen molar-refractivity contribution < 1.29 is 0 Å². The molecular weight excluding hydrogens is 260 g/mol. The van der Waals surface area contributed by atoms with Gasteiger partial charge >= 0.3 is 0 Å². The summed E-state index contributed by atoms with van der Waals surface area (Å²) in [6, 6.07) is 2.45. The Morgan fingerprint density at radius 3 is 2.86 bits per heavy atom. The zero-order valence-electron chi connectivity index (χ0n) is 8.42. The predicted molar refractivity (Wildman–Crippen MR) is 66.2 cm³/mol. The fourth-order valence-electron chi connectivity index (χ4n) is 1.45. The van der Waals surface area contributed by atoms with Gasteiger partial charge in [0, 0.05) is 6.04 Å². The summed E-state index contributed by atoms with van der Waals surface area (Å²) in [4.78, 5) is 0. The van der Waals surface area contributed by atoms with E-state index < -0.39 is 0 Å². The van der Waals surface area contributed by atoms with Gasteiger partial charge in [-0.15, -0.1) is 11.3 Å². The number of nitrogens with two attached hydrogens (primary N) is 1. The van der Waals surface area contributed by atoms with Gasteiger partial charge in [0.05, 0.1) is 3.79 Å². The molecule has 0 bridgehead atoms. The summed E-state index contributed by atoms with van der Waals surface area (Å²) in [6.45, 7) is 2.21. The van der Waals surface area contributed by atoms with E-state index in [1.807, 2.05) is 0 Å². The Morgan fingerprint density at radius 1 is 1.57 bits per heavy atom. The highest BCUT2D eigenvalue weighted by atomic mass is 79.9. The fraction of sp³-hybridized carbons (Fsp3) is 0.600. The van der Waals surface area contributed by atoms with Crippen molar-refractivity contribution in [3.63, 3.8) is 0 Å². The van der Waals surface area contributed by atoms with Crippen LogP contribution in [0.3, 0.4) is 0 Å². The van der Waals surface area contributed by atoms with Crippen LogP contribution in [0.2, 0.25) is 0 Å². The van der Waals surface area contributed by atoms with E-state index in [0.717, 1.165) is 6.42 Å². The van der Waals surface area contributed by atoms with Crippen molar-refractivity contribution in [3.8, 4) is 0 Å². The normalized spacial score (nSPS) is 13.1. The zero-order valence-corrected chi connectivity index (χ0v) is 10.8. The van der Waals surface area contributed by atoms with Gasteiger partial charge in [-0.3, -0.25) is 11.3 Å². The number of halogens is 1. The van der Waals surface area contributed by atoms with Crippen LogP contribution in [0.25, 0.3) is 0 Å². The molecule has 0 amide bonds. The smallest absolute Gasteiger partial charge is 0.0701 e. The first kappa shape index (κ1) is 12.2. The minimum absolute atomic E-state index is 0.309. The molecule has 0 aromatic carbocycles. The predicted octanol–water partition coefficient (Wildman–Crippen LogP) is 3.60. The van der Waals surface area contributed by atoms with Crippen LogP contribution in [0, 0.1) is 0 Å². The molecule has 0 spiro atoms. The monoisotopic (exact) mass is 276 g/mol. The van der Waals surface area contributed by atoms with E-state index in [1.54, 1.807) is 11.3 Å². The van der Waals surface area contributed by atoms with E-state index in [-0.39, 0.29) is 0 Å². The molecule has 1 unspecified atom stereocenters. The van der Waals surface area contributed by atoms with Gasteiger partial charge in [-0.05, 0) is 39.4 Å². The van der Waals surface area contributed by atoms with Crippen molar-refractivity contribution in [3.05, 3.63) is 20.8 Å². The van der Waals surface area contributed by atoms with Crippen LogP contribution in [0.1, 0.15) is 44.2 Å². The Hall–Kier alpha value is 0.100. The number of hydrogen-bond acceptors (Lipinski definition) is 3. The maximum atomic E-state index is 5.54. The molecule has 3 N–H and O–H groups in total. The van der Waals surface area contributed by atoms with Crippen LogP contribution in [0.5, 0.6) is 0 Å². The molecule has 1 aromatic heterocycles. The average molecular weight is 277 g/mol. The first-order valence-electron chi connectivity index (χ1n) is 4.98. The molecule has 4 heteroatoms. The molecule has 80 valence electrons. The molecular formula is C10H17BrN2S. The molecule has 14 heavy (non-hydrogen) atoms. The van der Waals surface area contributed by atoms with E-state index >= 15 is 0 Å². The Morgan fingerprint density at radius 2 is 2.36 bits per heavy atom. The summed E-state index contributed by atoms with van der Waals surface area (Å²) < 4.78 is 1.17. The summed E-state index contributed by atoms with van der Waals surface area (Å²) >= 11 is 5.17. The van der Waals surface area contributed by atoms with Crippen LogP contribution in [-0.2, 0) is 0 Å². The van der Waals surface area contributed by atoms with Crippen LogP contribution in [0.4, 0.5) is 0 Å². The average Bonchev–Trinajstić information content (AvgIpc) is 2.60. The summed E-state index contributed by atoms with van der Waals surface area (Å²) in [6.07, 6.45) is 4.89. The third-order valence-corrected chi connectivity index (χ3v) is 3.81. The molecule has 0 radical (unpaired) electrons. The summed E-state index contributed by atoms with van der Waals surface area (Å²) in [5, 5.41) is 2.15. The second-order valence-corrected chi connectivity index (χ2v) is 5.69. The first-order chi connectivity index (χ1) is 6.77. The van der Waals surface area contributed by atoms with E-state index in [4.69, 9.17) is 5.84 Å². The molecule has 0 saturated heterocycles. The number of rotatable bonds is 6. The maximum absolute atomic E-state index is 5.54. The van der Waals surface area contributed by atoms with Crippen molar-refractivity contribution in [2.75, 3.05) is 0 Å². The van der Waals surface area contributed by atoms with Gasteiger partial charge in [-0.2, -0.15) is 0 Å². The van der Waals surface area contributed by atoms with Gasteiger partial charge in [0.15, 0.2) is 0 Å². The van der Waals surface area contributed by atoms with Crippen LogP contribution in [0.15, 0.2) is 15.2 Å². The number of nitrogens with one attached hydrogen (secondary N) is 1. The van der Waals surface area contributed by atoms with E-state index in [9.17, 15) is 0 Å². The third-order valence-electron chi connectivity index (χ3n) is 2.29. The molecule has 1 atom stereocenters. The molecule has 2 nitrogen and oxygen atoms in total. The van der Waals surface area contributed by atoms with Crippen LogP contribution >= 0.6 is 27.3 Å². The molecule has 0 fully saturated rings. The number of unbranched alkanes of at least 4 members (excludes halogenated alkanes) is 2. The van der Waals surface area contributed by atoms with Gasteiger partial charge in [0.1, 0.15) is 0 Å². The SMILES string of the molecule is CCCCCC(NN)c1csc(Br)c1. The van der Waals surface area contributed by atoms with E-state index in [0.29, 0.717) is 6.04 Å². The van der Waals surface area contributed by atoms with Gasteiger partial charge in [0.25, 0.3) is 0 Å². The lowest BCUT2D eigenvalue weighted by Gasteiger charge is -2.13. The molecule has 0 aliphatic carbocycles. The van der Waals surface area contributed by atoms with E-state index in [1.165, 1.54) is 28.6 Å². The number of hydrazine groups is 1. The molecule has 1 rings (SSSR count). The Balaban J connectivity index is 2.45. The van der Waals surface area contributed by atoms with Crippen LogP contribution < -0.4 is 11.3 Å². The van der Waals surface area contributed by atoms with Crippen molar-refractivity contribution in [1.82, 2.24) is 5.43 Å². The molecule has 1 heterocycles. The van der Waals surface area contributed by atoms with Gasteiger partial charge in [0.2, 0.25) is 0 Å². The number of hydrogen-bond donors (Lipinski definition) is 2. The highest BCUT2D eigenvalue weighted by Gasteiger charge is 2.10. The minimum Gasteiger partial charge on any atom is -0.271 e. The second-order valence-electron chi connectivity index (χ2n) is 3.40. The topological polar surface area (TPSA) is 38.0 Å². The molecule has 0 saturated carbocycles. The highest BCUT2D eigenvalue weighted by Crippen LogP contribution is 2.27. The highest BCUT2D eigenvalue weighted by molar-refractivity contribution is 9.11. The summed E-state index contributed by atoms with van der Waals surface area (Å²) in [7, 11) is 0. The standard InChI is InChI=1S/C10H17BrN2S/c1-2-3-4-5-9(13-12)8-6-10(11)14-7-8/h6-7,9,13H,2-5,12H2,1H3. The fourth-order valence-corrected chi connectivity index (χ4v) is 2.68.